The van der Waals surface area contributed by atoms with Crippen LogP contribution in [0.15, 0.2) is 48.5 Å². The highest BCUT2D eigenvalue weighted by molar-refractivity contribution is 6.31. The van der Waals surface area contributed by atoms with Crippen LogP contribution in [-0.4, -0.2) is 6.61 Å². The minimum absolute atomic E-state index is 0.402. The Labute approximate surface area is 125 Å². The Morgan fingerprint density at radius 2 is 1.75 bits per heavy atom. The molecular formula is C17H20ClNO. The molecule has 0 aliphatic heterocycles. The second-order valence-electron chi connectivity index (χ2n) is 4.71. The summed E-state index contributed by atoms with van der Waals surface area (Å²) < 4.78 is 5.78. The molecule has 0 heterocycles. The summed E-state index contributed by atoms with van der Waals surface area (Å²) in [6.45, 7) is 1.10. The molecule has 0 spiro atoms. The number of rotatable bonds is 7. The van der Waals surface area contributed by atoms with Gasteiger partial charge >= 0.3 is 0 Å². The van der Waals surface area contributed by atoms with Gasteiger partial charge in [-0.25, -0.2) is 0 Å². The van der Waals surface area contributed by atoms with Gasteiger partial charge < -0.3 is 10.5 Å². The lowest BCUT2D eigenvalue weighted by Crippen LogP contribution is -2.04. The second-order valence-corrected chi connectivity index (χ2v) is 5.12. The Balaban J connectivity index is 1.75. The lowest BCUT2D eigenvalue weighted by atomic mass is 10.1. The molecule has 2 aromatic rings. The molecule has 0 saturated heterocycles. The van der Waals surface area contributed by atoms with E-state index in [1.165, 1.54) is 5.56 Å². The van der Waals surface area contributed by atoms with Crippen LogP contribution in [-0.2, 0) is 13.0 Å². The van der Waals surface area contributed by atoms with Crippen molar-refractivity contribution < 1.29 is 4.74 Å². The maximum atomic E-state index is 6.09. The van der Waals surface area contributed by atoms with E-state index < -0.39 is 0 Å². The smallest absolute Gasteiger partial charge is 0.125 e. The first-order chi connectivity index (χ1) is 9.81. The van der Waals surface area contributed by atoms with Gasteiger partial charge in [0.2, 0.25) is 0 Å². The van der Waals surface area contributed by atoms with Crippen LogP contribution in [0.25, 0.3) is 0 Å². The summed E-state index contributed by atoms with van der Waals surface area (Å²) in [4.78, 5) is 0. The molecule has 0 fully saturated rings. The molecule has 0 aromatic heterocycles. The molecule has 0 bridgehead atoms. The molecule has 0 unspecified atom stereocenters. The fourth-order valence-electron chi connectivity index (χ4n) is 2.13. The Morgan fingerprint density at radius 3 is 2.50 bits per heavy atom. The summed E-state index contributed by atoms with van der Waals surface area (Å²) in [6.07, 6.45) is 3.22. The van der Waals surface area contributed by atoms with Crippen molar-refractivity contribution in [2.24, 2.45) is 5.73 Å². The molecule has 106 valence electrons. The number of unbranched alkanes of at least 4 members (excludes halogenated alkanes) is 1. The van der Waals surface area contributed by atoms with Crippen LogP contribution < -0.4 is 10.5 Å². The summed E-state index contributed by atoms with van der Waals surface area (Å²) in [7, 11) is 0. The van der Waals surface area contributed by atoms with Crippen molar-refractivity contribution in [3.8, 4) is 5.75 Å². The molecule has 0 aliphatic rings. The Morgan fingerprint density at radius 1 is 0.950 bits per heavy atom. The number of halogens is 1. The number of nitrogens with two attached hydrogens (primary N) is 1. The van der Waals surface area contributed by atoms with E-state index in [2.05, 4.69) is 24.3 Å². The summed E-state index contributed by atoms with van der Waals surface area (Å²) in [5, 5.41) is 0.675. The van der Waals surface area contributed by atoms with Crippen molar-refractivity contribution in [3.63, 3.8) is 0 Å². The molecule has 3 heteroatoms. The number of hydrogen-bond acceptors (Lipinski definition) is 2. The zero-order valence-corrected chi connectivity index (χ0v) is 12.3. The maximum Gasteiger partial charge on any atom is 0.125 e. The highest BCUT2D eigenvalue weighted by Crippen LogP contribution is 2.25. The monoisotopic (exact) mass is 289 g/mol. The van der Waals surface area contributed by atoms with Crippen molar-refractivity contribution in [2.45, 2.75) is 25.8 Å². The van der Waals surface area contributed by atoms with Gasteiger partial charge in [-0.3, -0.25) is 0 Å². The Bertz CT molecular complexity index is 528. The van der Waals surface area contributed by atoms with Crippen LogP contribution in [0.2, 0.25) is 5.02 Å². The van der Waals surface area contributed by atoms with Gasteiger partial charge in [0.15, 0.2) is 0 Å². The van der Waals surface area contributed by atoms with Gasteiger partial charge in [0.1, 0.15) is 5.75 Å². The maximum absolute atomic E-state index is 6.09. The average molecular weight is 290 g/mol. The molecule has 2 rings (SSSR count). The third-order valence-electron chi connectivity index (χ3n) is 3.24. The largest absolute Gasteiger partial charge is 0.493 e. The lowest BCUT2D eigenvalue weighted by Gasteiger charge is -2.11. The number of hydrogen-bond donors (Lipinski definition) is 1. The average Bonchev–Trinajstić information content (AvgIpc) is 2.48. The van der Waals surface area contributed by atoms with E-state index in [9.17, 15) is 0 Å². The first-order valence-corrected chi connectivity index (χ1v) is 7.33. The first-order valence-electron chi connectivity index (χ1n) is 6.95. The van der Waals surface area contributed by atoms with Crippen molar-refractivity contribution in [1.29, 1.82) is 0 Å². The summed E-state index contributed by atoms with van der Waals surface area (Å²) in [5.41, 5.74) is 7.95. The van der Waals surface area contributed by atoms with E-state index in [4.69, 9.17) is 22.1 Å². The minimum Gasteiger partial charge on any atom is -0.493 e. The van der Waals surface area contributed by atoms with Crippen molar-refractivity contribution in [2.75, 3.05) is 6.61 Å². The quantitative estimate of drug-likeness (QED) is 0.775. The van der Waals surface area contributed by atoms with Gasteiger partial charge in [0.05, 0.1) is 6.61 Å². The van der Waals surface area contributed by atoms with Crippen LogP contribution >= 0.6 is 11.6 Å². The van der Waals surface area contributed by atoms with Crippen molar-refractivity contribution in [1.82, 2.24) is 0 Å². The molecular weight excluding hydrogens is 270 g/mol. The highest BCUT2D eigenvalue weighted by Gasteiger charge is 2.05. The molecule has 0 radical (unpaired) electrons. The van der Waals surface area contributed by atoms with Gasteiger partial charge in [0, 0.05) is 17.1 Å². The molecule has 2 N–H and O–H groups in total. The normalized spacial score (nSPS) is 10.5. The molecule has 0 atom stereocenters. The van der Waals surface area contributed by atoms with Crippen molar-refractivity contribution >= 4 is 11.6 Å². The topological polar surface area (TPSA) is 35.2 Å². The second kappa shape index (κ2) is 7.93. The molecule has 20 heavy (non-hydrogen) atoms. The summed E-state index contributed by atoms with van der Waals surface area (Å²) >= 11 is 6.09. The van der Waals surface area contributed by atoms with Crippen LogP contribution in [0.5, 0.6) is 5.75 Å². The van der Waals surface area contributed by atoms with E-state index in [1.54, 1.807) is 0 Å². The Kier molecular flexibility index (Phi) is 5.90. The van der Waals surface area contributed by atoms with E-state index in [0.29, 0.717) is 18.2 Å². The number of ether oxygens (including phenoxy) is 1. The zero-order chi connectivity index (χ0) is 14.2. The Hall–Kier alpha value is -1.51. The molecule has 0 aliphatic carbocycles. The standard InChI is InChI=1S/C17H20ClNO/c18-16-10-6-11-17(15(16)13-19)20-12-5-4-9-14-7-2-1-3-8-14/h1-3,6-8,10-11H,4-5,9,12-13,19H2. The molecule has 2 nitrogen and oxygen atoms in total. The SMILES string of the molecule is NCc1c(Cl)cccc1OCCCCc1ccccc1. The van der Waals surface area contributed by atoms with Crippen LogP contribution in [0.3, 0.4) is 0 Å². The first kappa shape index (κ1) is 14.9. The van der Waals surface area contributed by atoms with E-state index in [0.717, 1.165) is 30.6 Å². The van der Waals surface area contributed by atoms with Gasteiger partial charge in [-0.2, -0.15) is 0 Å². The van der Waals surface area contributed by atoms with E-state index >= 15 is 0 Å². The third-order valence-corrected chi connectivity index (χ3v) is 3.59. The van der Waals surface area contributed by atoms with Crippen LogP contribution in [0.4, 0.5) is 0 Å². The molecule has 0 amide bonds. The van der Waals surface area contributed by atoms with Crippen LogP contribution in [0.1, 0.15) is 24.0 Å². The molecule has 2 aromatic carbocycles. The van der Waals surface area contributed by atoms with Gasteiger partial charge in [-0.15, -0.1) is 0 Å². The summed E-state index contributed by atoms with van der Waals surface area (Å²) in [5.74, 6) is 0.805. The van der Waals surface area contributed by atoms with Gasteiger partial charge in [-0.1, -0.05) is 48.0 Å². The third kappa shape index (κ3) is 4.26. The van der Waals surface area contributed by atoms with E-state index in [-0.39, 0.29) is 0 Å². The van der Waals surface area contributed by atoms with Crippen molar-refractivity contribution in [3.05, 3.63) is 64.7 Å². The highest BCUT2D eigenvalue weighted by atomic mass is 35.5. The molecule has 0 saturated carbocycles. The van der Waals surface area contributed by atoms with Crippen LogP contribution in [0, 0.1) is 0 Å². The van der Waals surface area contributed by atoms with E-state index in [1.807, 2.05) is 24.3 Å². The van der Waals surface area contributed by atoms with Gasteiger partial charge in [0.25, 0.3) is 0 Å². The predicted octanol–water partition coefficient (Wildman–Crippen LogP) is 4.20. The number of benzene rings is 2. The predicted molar refractivity (Wildman–Crippen MR) is 84.2 cm³/mol. The minimum atomic E-state index is 0.402. The lowest BCUT2D eigenvalue weighted by molar-refractivity contribution is 0.304. The fraction of sp³-hybridized carbons (Fsp3) is 0.294. The van der Waals surface area contributed by atoms with Gasteiger partial charge in [-0.05, 0) is 37.0 Å². The summed E-state index contributed by atoms with van der Waals surface area (Å²) in [6, 6.07) is 16.2. The zero-order valence-electron chi connectivity index (χ0n) is 11.5. The number of aryl methyl sites for hydroxylation is 1. The fourth-order valence-corrected chi connectivity index (χ4v) is 2.37.